The van der Waals surface area contributed by atoms with Gasteiger partial charge in [0.15, 0.2) is 5.78 Å². The summed E-state index contributed by atoms with van der Waals surface area (Å²) in [5.74, 6) is 11.5. The summed E-state index contributed by atoms with van der Waals surface area (Å²) in [6, 6.07) is 0. The molecule has 0 amide bonds. The molecule has 0 aromatic carbocycles. The Labute approximate surface area is 194 Å². The second-order valence-corrected chi connectivity index (χ2v) is 11.9. The zero-order chi connectivity index (χ0) is 22.9. The van der Waals surface area contributed by atoms with E-state index in [1.165, 1.54) is 44.1 Å². The Bertz CT molecular complexity index is 825. The van der Waals surface area contributed by atoms with Gasteiger partial charge in [0.05, 0.1) is 0 Å². The van der Waals surface area contributed by atoms with Crippen LogP contribution < -0.4 is 5.84 Å². The predicted molar refractivity (Wildman–Crippen MR) is 130 cm³/mol. The van der Waals surface area contributed by atoms with Crippen LogP contribution in [0.25, 0.3) is 0 Å². The van der Waals surface area contributed by atoms with Gasteiger partial charge in [-0.25, -0.2) is 4.79 Å². The molecular formula is C28H42N2O2. The predicted octanol–water partition coefficient (Wildman–Crippen LogP) is 5.89. The van der Waals surface area contributed by atoms with Gasteiger partial charge in [0, 0.05) is 24.6 Å². The lowest BCUT2D eigenvalue weighted by atomic mass is 9.46. The number of hydrazone groups is 1. The smallest absolute Gasteiger partial charge is 0.155 e. The summed E-state index contributed by atoms with van der Waals surface area (Å²) in [5, 5.41) is 3.61. The van der Waals surface area contributed by atoms with Crippen LogP contribution in [0.4, 0.5) is 0 Å². The number of nitrogens with zero attached hydrogens (tertiary/aromatic N) is 1. The molecule has 32 heavy (non-hydrogen) atoms. The first-order valence-electron chi connectivity index (χ1n) is 13.0. The summed E-state index contributed by atoms with van der Waals surface area (Å²) >= 11 is 0. The molecule has 3 fully saturated rings. The Kier molecular flexibility index (Phi) is 6.82. The number of ketones is 1. The normalized spacial score (nSPS) is 40.6. The highest BCUT2D eigenvalue weighted by Crippen LogP contribution is 2.67. The molecule has 4 aliphatic rings. The summed E-state index contributed by atoms with van der Waals surface area (Å²) in [6.45, 7) is 7.55. The van der Waals surface area contributed by atoms with Crippen LogP contribution in [-0.4, -0.2) is 17.9 Å². The number of rotatable bonds is 7. The third kappa shape index (κ3) is 4.04. The first kappa shape index (κ1) is 23.5. The molecule has 176 valence electrons. The lowest BCUT2D eigenvalue weighted by Crippen LogP contribution is -2.50. The van der Waals surface area contributed by atoms with Crippen LogP contribution in [0.1, 0.15) is 91.4 Å². The second kappa shape index (κ2) is 9.29. The number of carbonyl (C=O) groups excluding carboxylic acids is 2. The lowest BCUT2D eigenvalue weighted by Gasteiger charge is -2.58. The van der Waals surface area contributed by atoms with E-state index in [1.54, 1.807) is 12.3 Å². The quantitative estimate of drug-likeness (QED) is 0.233. The van der Waals surface area contributed by atoms with Crippen molar-refractivity contribution in [2.45, 2.75) is 91.4 Å². The highest BCUT2D eigenvalue weighted by Gasteiger charge is 2.59. The average molecular weight is 439 g/mol. The van der Waals surface area contributed by atoms with Crippen molar-refractivity contribution in [2.75, 3.05) is 0 Å². The number of hydrogen-bond acceptors (Lipinski definition) is 4. The van der Waals surface area contributed by atoms with Gasteiger partial charge in [-0.1, -0.05) is 39.2 Å². The first-order valence-corrected chi connectivity index (χ1v) is 13.0. The minimum absolute atomic E-state index is 0.0136. The fourth-order valence-electron chi connectivity index (χ4n) is 8.81. The van der Waals surface area contributed by atoms with E-state index < -0.39 is 0 Å². The van der Waals surface area contributed by atoms with E-state index in [1.807, 2.05) is 12.0 Å². The molecule has 8 atom stereocenters. The SMILES string of the molecule is C[C@H](CCCC(C=C=O)C=NN)[C@H]1CC[C@H]2[C@@H]3CCC4=CC(=O)CC[C@]4(C)[C@H]3CC[C@]12C. The third-order valence-electron chi connectivity index (χ3n) is 10.5. The van der Waals surface area contributed by atoms with Crippen molar-refractivity contribution < 1.29 is 9.59 Å². The van der Waals surface area contributed by atoms with Gasteiger partial charge in [-0.3, -0.25) is 4.79 Å². The zero-order valence-corrected chi connectivity index (χ0v) is 20.3. The molecule has 4 rings (SSSR count). The van der Waals surface area contributed by atoms with Crippen LogP contribution in [-0.2, 0) is 9.59 Å². The minimum atomic E-state index is 0.0136. The second-order valence-electron chi connectivity index (χ2n) is 11.9. The van der Waals surface area contributed by atoms with Gasteiger partial charge in [-0.2, -0.15) is 5.10 Å². The molecule has 0 saturated heterocycles. The maximum absolute atomic E-state index is 12.1. The Morgan fingerprint density at radius 3 is 2.72 bits per heavy atom. The fraction of sp³-hybridized carbons (Fsp3) is 0.786. The van der Waals surface area contributed by atoms with E-state index in [4.69, 9.17) is 5.84 Å². The Morgan fingerprint density at radius 1 is 1.16 bits per heavy atom. The van der Waals surface area contributed by atoms with Gasteiger partial charge in [0.25, 0.3) is 0 Å². The zero-order valence-electron chi connectivity index (χ0n) is 20.3. The molecule has 0 radical (unpaired) electrons. The van der Waals surface area contributed by atoms with Crippen LogP contribution in [0.5, 0.6) is 0 Å². The number of hydrogen-bond donors (Lipinski definition) is 1. The molecule has 4 aliphatic carbocycles. The van der Waals surface area contributed by atoms with Crippen molar-refractivity contribution >= 4 is 17.9 Å². The van der Waals surface area contributed by atoms with E-state index in [9.17, 15) is 9.59 Å². The molecule has 0 aliphatic heterocycles. The third-order valence-corrected chi connectivity index (χ3v) is 10.5. The van der Waals surface area contributed by atoms with Crippen molar-refractivity contribution in [1.82, 2.24) is 0 Å². The molecule has 0 heterocycles. The van der Waals surface area contributed by atoms with Gasteiger partial charge in [-0.05, 0) is 97.9 Å². The van der Waals surface area contributed by atoms with Crippen molar-refractivity contribution in [3.05, 3.63) is 17.7 Å². The van der Waals surface area contributed by atoms with Gasteiger partial charge in [0.2, 0.25) is 0 Å². The maximum Gasteiger partial charge on any atom is 0.155 e. The van der Waals surface area contributed by atoms with Crippen LogP contribution in [0.15, 0.2) is 22.8 Å². The Hall–Kier alpha value is -1.67. The van der Waals surface area contributed by atoms with Gasteiger partial charge in [-0.15, -0.1) is 0 Å². The largest absolute Gasteiger partial charge is 0.324 e. The van der Waals surface area contributed by atoms with E-state index in [-0.39, 0.29) is 11.3 Å². The summed E-state index contributed by atoms with van der Waals surface area (Å²) < 4.78 is 0. The standard InChI is InChI=1S/C28H42N2O2/c1-19(5-4-6-20(13-16-31)18-30-29)24-9-10-25-23-8-7-21-17-22(32)11-14-27(21,2)26(23)12-15-28(24,25)3/h13,17-20,23-26H,4-12,14-15,29H2,1-3H3/t19-,20?,23+,24-,25+,26+,27+,28-/m1/s1. The molecule has 3 saturated carbocycles. The molecular weight excluding hydrogens is 396 g/mol. The molecule has 4 heteroatoms. The Morgan fingerprint density at radius 2 is 1.97 bits per heavy atom. The average Bonchev–Trinajstić information content (AvgIpc) is 3.12. The molecule has 4 nitrogen and oxygen atoms in total. The number of carbonyl (C=O) groups is 1. The van der Waals surface area contributed by atoms with Gasteiger partial charge >= 0.3 is 0 Å². The van der Waals surface area contributed by atoms with Crippen molar-refractivity contribution in [2.24, 2.45) is 57.3 Å². The van der Waals surface area contributed by atoms with Crippen molar-refractivity contribution in [1.29, 1.82) is 0 Å². The van der Waals surface area contributed by atoms with Gasteiger partial charge in [0.1, 0.15) is 5.94 Å². The summed E-state index contributed by atoms with van der Waals surface area (Å²) in [4.78, 5) is 22.8. The highest BCUT2D eigenvalue weighted by atomic mass is 16.1. The molecule has 0 bridgehead atoms. The maximum atomic E-state index is 12.1. The van der Waals surface area contributed by atoms with Crippen molar-refractivity contribution in [3.8, 4) is 0 Å². The lowest BCUT2D eigenvalue weighted by molar-refractivity contribution is -0.117. The van der Waals surface area contributed by atoms with Crippen LogP contribution in [0, 0.1) is 46.3 Å². The highest BCUT2D eigenvalue weighted by molar-refractivity contribution is 5.91. The molecule has 0 spiro atoms. The number of allylic oxidation sites excluding steroid dienone is 2. The number of nitrogens with two attached hydrogens (primary N) is 1. The van der Waals surface area contributed by atoms with Crippen LogP contribution in [0.3, 0.4) is 0 Å². The van der Waals surface area contributed by atoms with Gasteiger partial charge < -0.3 is 5.84 Å². The minimum Gasteiger partial charge on any atom is -0.324 e. The fourth-order valence-corrected chi connectivity index (χ4v) is 8.81. The summed E-state index contributed by atoms with van der Waals surface area (Å²) in [7, 11) is 0. The first-order chi connectivity index (χ1) is 15.3. The Balaban J connectivity index is 1.42. The van der Waals surface area contributed by atoms with Crippen LogP contribution in [0.2, 0.25) is 0 Å². The number of fused-ring (bicyclic) bond motifs is 5. The van der Waals surface area contributed by atoms with E-state index in [2.05, 4.69) is 25.9 Å². The van der Waals surface area contributed by atoms with Crippen LogP contribution >= 0.6 is 0 Å². The molecule has 1 unspecified atom stereocenters. The van der Waals surface area contributed by atoms with Crippen molar-refractivity contribution in [3.63, 3.8) is 0 Å². The topological polar surface area (TPSA) is 72.5 Å². The van der Waals surface area contributed by atoms with E-state index >= 15 is 0 Å². The molecule has 2 N–H and O–H groups in total. The van der Waals surface area contributed by atoms with E-state index in [0.29, 0.717) is 17.1 Å². The van der Waals surface area contributed by atoms with E-state index in [0.717, 1.165) is 55.8 Å². The summed E-state index contributed by atoms with van der Waals surface area (Å²) in [6.07, 6.45) is 18.1. The summed E-state index contributed by atoms with van der Waals surface area (Å²) in [5.41, 5.74) is 2.21. The molecule has 0 aromatic heterocycles. The monoisotopic (exact) mass is 438 g/mol. The molecule has 0 aromatic rings.